The Morgan fingerprint density at radius 2 is 0.634 bits per heavy atom. The summed E-state index contributed by atoms with van der Waals surface area (Å²) in [7, 11) is -4.77. The highest BCUT2D eigenvalue weighted by Gasteiger charge is 2.28. The van der Waals surface area contributed by atoms with E-state index in [1.54, 1.807) is 0 Å². The molecule has 12 heteroatoms. The molecular formula is C70H119O11P. The van der Waals surface area contributed by atoms with E-state index in [2.05, 4.69) is 130 Å². The molecule has 0 aliphatic heterocycles. The zero-order valence-electron chi connectivity index (χ0n) is 52.2. The van der Waals surface area contributed by atoms with Crippen molar-refractivity contribution in [3.63, 3.8) is 0 Å². The van der Waals surface area contributed by atoms with Gasteiger partial charge in [-0.2, -0.15) is 0 Å². The first-order valence-corrected chi connectivity index (χ1v) is 34.3. The quantitative estimate of drug-likeness (QED) is 0.0197. The molecular weight excluding hydrogens is 1050 g/mol. The van der Waals surface area contributed by atoms with E-state index in [-0.39, 0.29) is 25.9 Å². The fraction of sp³-hybridized carbons (Fsp3) is 0.700. The molecule has 470 valence electrons. The number of unbranched alkanes of at least 4 members (excludes halogenated alkanes) is 25. The number of hydrogen-bond acceptors (Lipinski definition) is 10. The smallest absolute Gasteiger partial charge is 0.462 e. The van der Waals surface area contributed by atoms with E-state index >= 15 is 0 Å². The van der Waals surface area contributed by atoms with Gasteiger partial charge in [-0.15, -0.1) is 0 Å². The summed E-state index contributed by atoms with van der Waals surface area (Å²) in [6.45, 7) is 4.41. The number of esters is 3. The lowest BCUT2D eigenvalue weighted by Crippen LogP contribution is -2.30. The van der Waals surface area contributed by atoms with Gasteiger partial charge < -0.3 is 24.2 Å². The predicted molar refractivity (Wildman–Crippen MR) is 343 cm³/mol. The second-order valence-electron chi connectivity index (χ2n) is 21.5. The molecule has 0 aliphatic carbocycles. The minimum absolute atomic E-state index is 0.143. The van der Waals surface area contributed by atoms with Crippen molar-refractivity contribution in [3.05, 3.63) is 109 Å². The largest absolute Gasteiger partial charge is 0.472 e. The SMILES string of the molecule is CC/C=C\C/C=C\C/C=C\C/C=C\CCCCCCCCC(=O)OCC(COP(=O)(O)OCC(CO)OC(=O)CCCCCCCCC/C=C\CCCCCCCC)OC(=O)CCCCCCCC/C=C\C/C=C\C/C=C\C/C=C\CC. The lowest BCUT2D eigenvalue weighted by atomic mass is 10.1. The maximum Gasteiger partial charge on any atom is 0.472 e. The van der Waals surface area contributed by atoms with Gasteiger partial charge in [0.1, 0.15) is 12.7 Å². The molecule has 0 aliphatic rings. The Labute approximate surface area is 501 Å². The number of allylic oxidation sites excluding steroid dienone is 18. The van der Waals surface area contributed by atoms with E-state index < -0.39 is 57.8 Å². The van der Waals surface area contributed by atoms with Gasteiger partial charge >= 0.3 is 25.7 Å². The fourth-order valence-corrected chi connectivity index (χ4v) is 9.53. The zero-order chi connectivity index (χ0) is 59.8. The molecule has 0 bridgehead atoms. The van der Waals surface area contributed by atoms with Crippen LogP contribution in [0.25, 0.3) is 0 Å². The molecule has 0 saturated carbocycles. The summed E-state index contributed by atoms with van der Waals surface area (Å²) < 4.78 is 39.7. The maximum absolute atomic E-state index is 13.0. The average Bonchev–Trinajstić information content (AvgIpc) is 3.47. The highest BCUT2D eigenvalue weighted by molar-refractivity contribution is 7.47. The van der Waals surface area contributed by atoms with Crippen LogP contribution in [0.2, 0.25) is 0 Å². The number of aliphatic hydroxyl groups is 1. The molecule has 3 atom stereocenters. The molecule has 0 rings (SSSR count). The number of carbonyl (C=O) groups excluding carboxylic acids is 3. The Bertz CT molecular complexity index is 1790. The predicted octanol–water partition coefficient (Wildman–Crippen LogP) is 20.1. The van der Waals surface area contributed by atoms with Gasteiger partial charge in [-0.25, -0.2) is 4.57 Å². The summed E-state index contributed by atoms with van der Waals surface area (Å²) in [5.41, 5.74) is 0. The van der Waals surface area contributed by atoms with Gasteiger partial charge in [0.15, 0.2) is 6.10 Å². The van der Waals surface area contributed by atoms with Crippen LogP contribution in [0.3, 0.4) is 0 Å². The number of ether oxygens (including phenoxy) is 3. The first kappa shape index (κ1) is 78.1. The van der Waals surface area contributed by atoms with Crippen LogP contribution < -0.4 is 0 Å². The van der Waals surface area contributed by atoms with Crippen molar-refractivity contribution in [1.82, 2.24) is 0 Å². The Balaban J connectivity index is 4.76. The van der Waals surface area contributed by atoms with Gasteiger partial charge in [0.05, 0.1) is 19.8 Å². The third-order valence-corrected chi connectivity index (χ3v) is 14.6. The van der Waals surface area contributed by atoms with E-state index in [1.165, 1.54) is 64.2 Å². The molecule has 11 nitrogen and oxygen atoms in total. The van der Waals surface area contributed by atoms with Gasteiger partial charge in [0, 0.05) is 19.3 Å². The summed E-state index contributed by atoms with van der Waals surface area (Å²) in [4.78, 5) is 48.8. The minimum Gasteiger partial charge on any atom is -0.462 e. The van der Waals surface area contributed by atoms with Crippen molar-refractivity contribution in [2.75, 3.05) is 26.4 Å². The van der Waals surface area contributed by atoms with Crippen LogP contribution >= 0.6 is 7.82 Å². The fourth-order valence-electron chi connectivity index (χ4n) is 8.75. The van der Waals surface area contributed by atoms with Crippen LogP contribution in [-0.4, -0.2) is 66.5 Å². The molecule has 0 aromatic rings. The van der Waals surface area contributed by atoms with Crippen LogP contribution in [0.4, 0.5) is 0 Å². The Kier molecular flexibility index (Phi) is 60.2. The third-order valence-electron chi connectivity index (χ3n) is 13.7. The Morgan fingerprint density at radius 1 is 0.354 bits per heavy atom. The lowest BCUT2D eigenvalue weighted by molar-refractivity contribution is -0.161. The van der Waals surface area contributed by atoms with Crippen molar-refractivity contribution < 1.29 is 52.2 Å². The molecule has 0 amide bonds. The standard InChI is InChI=1S/C70H119O11P/c1-4-7-10-13-16-19-22-25-28-31-33-36-38-41-44-47-50-53-56-59-68(72)77-63-67(81-70(74)61-58-55-52-49-46-43-40-37-34-32-29-26-23-20-17-14-11-8-5-2)65-79-82(75,76)78-64-66(62-71)80-69(73)60-57-54-51-48-45-42-39-35-30-27-24-21-18-15-12-9-6-3/h7-8,10-11,16-17,19-20,25-30,33-34,36-37,66-67,71H,4-6,9,12-15,18,21-24,31-32,35,38-65H2,1-3H3,(H,75,76)/b10-7-,11-8-,19-16-,20-17-,28-25-,29-26-,30-27-,36-33-,37-34-. The highest BCUT2D eigenvalue weighted by atomic mass is 31.2. The summed E-state index contributed by atoms with van der Waals surface area (Å²) in [5.74, 6) is -1.50. The van der Waals surface area contributed by atoms with E-state index in [1.807, 2.05) is 0 Å². The molecule has 0 heterocycles. The van der Waals surface area contributed by atoms with Crippen LogP contribution in [0.5, 0.6) is 0 Å². The Hall–Kier alpha value is -3.86. The number of aliphatic hydroxyl groups excluding tert-OH is 1. The first-order chi connectivity index (χ1) is 40.2. The van der Waals surface area contributed by atoms with E-state index in [4.69, 9.17) is 23.3 Å². The van der Waals surface area contributed by atoms with Gasteiger partial charge in [-0.1, -0.05) is 246 Å². The summed E-state index contributed by atoms with van der Waals surface area (Å²) in [6, 6.07) is 0. The second-order valence-corrected chi connectivity index (χ2v) is 23.0. The van der Waals surface area contributed by atoms with Gasteiger partial charge in [0.25, 0.3) is 0 Å². The van der Waals surface area contributed by atoms with Gasteiger partial charge in [0.2, 0.25) is 0 Å². The molecule has 0 fully saturated rings. The minimum atomic E-state index is -4.77. The van der Waals surface area contributed by atoms with Crippen LogP contribution in [0, 0.1) is 0 Å². The number of hydrogen-bond donors (Lipinski definition) is 2. The summed E-state index contributed by atoms with van der Waals surface area (Å²) >= 11 is 0. The molecule has 0 spiro atoms. The van der Waals surface area contributed by atoms with Crippen LogP contribution in [0.1, 0.15) is 278 Å². The number of rotatable bonds is 60. The number of phosphoric ester groups is 1. The average molecular weight is 1170 g/mol. The van der Waals surface area contributed by atoms with E-state index in [0.29, 0.717) is 19.3 Å². The number of carbonyl (C=O) groups is 3. The van der Waals surface area contributed by atoms with Crippen LogP contribution in [0.15, 0.2) is 109 Å². The van der Waals surface area contributed by atoms with E-state index in [9.17, 15) is 28.9 Å². The molecule has 3 unspecified atom stereocenters. The molecule has 0 aromatic heterocycles. The molecule has 2 N–H and O–H groups in total. The second kappa shape index (κ2) is 63.2. The van der Waals surface area contributed by atoms with Crippen molar-refractivity contribution in [2.45, 2.75) is 290 Å². The third kappa shape index (κ3) is 60.7. The maximum atomic E-state index is 13.0. The molecule has 0 saturated heterocycles. The first-order valence-electron chi connectivity index (χ1n) is 32.8. The monoisotopic (exact) mass is 1170 g/mol. The van der Waals surface area contributed by atoms with Crippen molar-refractivity contribution in [2.24, 2.45) is 0 Å². The van der Waals surface area contributed by atoms with Gasteiger partial charge in [-0.05, 0) is 122 Å². The lowest BCUT2D eigenvalue weighted by Gasteiger charge is -2.21. The molecule has 0 radical (unpaired) electrons. The summed E-state index contributed by atoms with van der Waals surface area (Å²) in [5, 5.41) is 9.86. The highest BCUT2D eigenvalue weighted by Crippen LogP contribution is 2.43. The van der Waals surface area contributed by atoms with Crippen molar-refractivity contribution in [1.29, 1.82) is 0 Å². The van der Waals surface area contributed by atoms with Gasteiger partial charge in [-0.3, -0.25) is 23.4 Å². The Morgan fingerprint density at radius 3 is 0.988 bits per heavy atom. The topological polar surface area (TPSA) is 155 Å². The zero-order valence-corrected chi connectivity index (χ0v) is 53.1. The van der Waals surface area contributed by atoms with Crippen molar-refractivity contribution in [3.8, 4) is 0 Å². The normalized spacial score (nSPS) is 14.0. The van der Waals surface area contributed by atoms with E-state index in [0.717, 1.165) is 154 Å². The molecule has 0 aromatic carbocycles. The molecule has 82 heavy (non-hydrogen) atoms. The number of phosphoric acid groups is 1. The van der Waals surface area contributed by atoms with Crippen LogP contribution in [-0.2, 0) is 42.2 Å². The van der Waals surface area contributed by atoms with Crippen molar-refractivity contribution >= 4 is 25.7 Å². The summed E-state index contributed by atoms with van der Waals surface area (Å²) in [6.07, 6.45) is 77.4.